The number of rotatable bonds is 6. The second-order valence-electron chi connectivity index (χ2n) is 7.50. The summed E-state index contributed by atoms with van der Waals surface area (Å²) >= 11 is 0. The summed E-state index contributed by atoms with van der Waals surface area (Å²) in [5.74, 6) is -1.38. The minimum Gasteiger partial charge on any atom is -0.497 e. The predicted octanol–water partition coefficient (Wildman–Crippen LogP) is 3.73. The first-order chi connectivity index (χ1) is 16.8. The summed E-state index contributed by atoms with van der Waals surface area (Å²) in [5, 5.41) is 19.5. The lowest BCUT2D eigenvalue weighted by Crippen LogP contribution is -2.32. The van der Waals surface area contributed by atoms with Crippen LogP contribution in [0.25, 0.3) is 22.0 Å². The van der Waals surface area contributed by atoms with Crippen molar-refractivity contribution in [3.8, 4) is 22.6 Å². The summed E-state index contributed by atoms with van der Waals surface area (Å²) in [4.78, 5) is 16.0. The Bertz CT molecular complexity index is 1520. The van der Waals surface area contributed by atoms with Crippen molar-refractivity contribution in [2.75, 3.05) is 20.8 Å². The van der Waals surface area contributed by atoms with Crippen LogP contribution in [0.15, 0.2) is 60.9 Å². The molecule has 4 rings (SSSR count). The molecular weight excluding hydrogens is 456 g/mol. The molecule has 0 saturated heterocycles. The molecule has 0 radical (unpaired) electrons. The molecule has 3 N–H and O–H groups in total. The van der Waals surface area contributed by atoms with Crippen molar-refractivity contribution in [3.05, 3.63) is 83.6 Å². The SMILES string of the molecule is CNC(=O)c1ccc(-c2cc(F)c(=N)n(C(=N)COc3ccnc4cc(OC)ccc34)c2)cc1F. The summed E-state index contributed by atoms with van der Waals surface area (Å²) in [6.07, 6.45) is 2.90. The van der Waals surface area contributed by atoms with Crippen LogP contribution in [-0.2, 0) is 0 Å². The van der Waals surface area contributed by atoms with Crippen LogP contribution >= 0.6 is 0 Å². The van der Waals surface area contributed by atoms with E-state index >= 15 is 0 Å². The largest absolute Gasteiger partial charge is 0.497 e. The van der Waals surface area contributed by atoms with Gasteiger partial charge in [-0.1, -0.05) is 6.07 Å². The van der Waals surface area contributed by atoms with Gasteiger partial charge in [-0.3, -0.25) is 25.2 Å². The highest BCUT2D eigenvalue weighted by atomic mass is 19.1. The van der Waals surface area contributed by atoms with E-state index in [0.29, 0.717) is 22.4 Å². The Morgan fingerprint density at radius 1 is 1.09 bits per heavy atom. The number of halogens is 2. The second kappa shape index (κ2) is 9.72. The van der Waals surface area contributed by atoms with Gasteiger partial charge in [0, 0.05) is 36.5 Å². The standard InChI is InChI=1S/C25H21F2N5O3/c1-30-25(33)17-5-3-14(9-19(17)26)15-10-20(27)24(29)32(12-15)23(28)13-35-22-7-8-31-21-11-16(34-2)4-6-18(21)22/h3-12,28-29H,13H2,1-2H3,(H,30,33). The van der Waals surface area contributed by atoms with Crippen LogP contribution in [0.1, 0.15) is 10.4 Å². The summed E-state index contributed by atoms with van der Waals surface area (Å²) in [7, 11) is 2.94. The number of nitrogens with zero attached hydrogens (tertiary/aromatic N) is 2. The topological polar surface area (TPSA) is 113 Å². The van der Waals surface area contributed by atoms with E-state index in [1.165, 1.54) is 25.4 Å². The van der Waals surface area contributed by atoms with Crippen molar-refractivity contribution in [3.63, 3.8) is 0 Å². The highest BCUT2D eigenvalue weighted by Crippen LogP contribution is 2.27. The van der Waals surface area contributed by atoms with E-state index in [0.717, 1.165) is 16.7 Å². The molecule has 8 nitrogen and oxygen atoms in total. The number of aromatic nitrogens is 2. The average Bonchev–Trinajstić information content (AvgIpc) is 2.87. The molecule has 0 spiro atoms. The molecule has 35 heavy (non-hydrogen) atoms. The smallest absolute Gasteiger partial charge is 0.253 e. The van der Waals surface area contributed by atoms with Crippen molar-refractivity contribution in [1.29, 1.82) is 10.8 Å². The molecule has 178 valence electrons. The van der Waals surface area contributed by atoms with E-state index < -0.39 is 23.0 Å². The monoisotopic (exact) mass is 477 g/mol. The maximum Gasteiger partial charge on any atom is 0.253 e. The molecule has 2 heterocycles. The maximum atomic E-state index is 14.6. The normalized spacial score (nSPS) is 10.7. The number of benzene rings is 2. The zero-order valence-corrected chi connectivity index (χ0v) is 18.9. The van der Waals surface area contributed by atoms with Gasteiger partial charge >= 0.3 is 0 Å². The Balaban J connectivity index is 1.62. The van der Waals surface area contributed by atoms with Gasteiger partial charge in [0.2, 0.25) is 0 Å². The molecule has 2 aromatic heterocycles. The van der Waals surface area contributed by atoms with Gasteiger partial charge in [0.25, 0.3) is 5.91 Å². The second-order valence-corrected chi connectivity index (χ2v) is 7.50. The van der Waals surface area contributed by atoms with Crippen molar-refractivity contribution in [1.82, 2.24) is 14.9 Å². The van der Waals surface area contributed by atoms with E-state index in [4.69, 9.17) is 20.3 Å². The molecule has 2 aromatic carbocycles. The minimum absolute atomic E-state index is 0.148. The Morgan fingerprint density at radius 2 is 1.86 bits per heavy atom. The fourth-order valence-corrected chi connectivity index (χ4v) is 3.52. The van der Waals surface area contributed by atoms with E-state index in [9.17, 15) is 13.6 Å². The summed E-state index contributed by atoms with van der Waals surface area (Å²) in [6, 6.07) is 11.9. The lowest BCUT2D eigenvalue weighted by molar-refractivity contribution is 0.0959. The molecule has 4 aromatic rings. The quantitative estimate of drug-likeness (QED) is 0.290. The van der Waals surface area contributed by atoms with E-state index in [1.807, 2.05) is 0 Å². The zero-order valence-electron chi connectivity index (χ0n) is 18.9. The molecule has 0 fully saturated rings. The van der Waals surface area contributed by atoms with Gasteiger partial charge < -0.3 is 14.8 Å². The van der Waals surface area contributed by atoms with Gasteiger partial charge in [-0.15, -0.1) is 0 Å². The van der Waals surface area contributed by atoms with Crippen LogP contribution in [0, 0.1) is 22.5 Å². The maximum absolute atomic E-state index is 14.6. The lowest BCUT2D eigenvalue weighted by Gasteiger charge is -2.14. The summed E-state index contributed by atoms with van der Waals surface area (Å²) in [5.41, 5.74) is 0.453. The van der Waals surface area contributed by atoms with Crippen LogP contribution in [0.5, 0.6) is 11.5 Å². The number of pyridine rings is 2. The number of amides is 1. The highest BCUT2D eigenvalue weighted by Gasteiger charge is 2.15. The van der Waals surface area contributed by atoms with Crippen LogP contribution < -0.4 is 20.3 Å². The summed E-state index contributed by atoms with van der Waals surface area (Å²) < 4.78 is 41.0. The number of nitrogens with one attached hydrogen (secondary N) is 3. The minimum atomic E-state index is -0.899. The number of ether oxygens (including phenoxy) is 2. The Morgan fingerprint density at radius 3 is 2.57 bits per heavy atom. The predicted molar refractivity (Wildman–Crippen MR) is 126 cm³/mol. The molecule has 0 atom stereocenters. The molecule has 0 aliphatic carbocycles. The van der Waals surface area contributed by atoms with Gasteiger partial charge in [0.1, 0.15) is 29.8 Å². The third-order valence-corrected chi connectivity index (χ3v) is 5.36. The number of hydrogen-bond acceptors (Lipinski definition) is 6. The number of fused-ring (bicyclic) bond motifs is 1. The van der Waals surface area contributed by atoms with Crippen LogP contribution in [0.2, 0.25) is 0 Å². The van der Waals surface area contributed by atoms with Gasteiger partial charge in [-0.2, -0.15) is 0 Å². The number of carbonyl (C=O) groups is 1. The molecule has 10 heteroatoms. The Labute approximate surface area is 198 Å². The van der Waals surface area contributed by atoms with Gasteiger partial charge in [-0.05, 0) is 42.0 Å². The Kier molecular flexibility index (Phi) is 6.54. The molecular formula is C25H21F2N5O3. The lowest BCUT2D eigenvalue weighted by atomic mass is 10.0. The molecule has 0 bridgehead atoms. The van der Waals surface area contributed by atoms with Crippen molar-refractivity contribution in [2.24, 2.45) is 0 Å². The fraction of sp³-hybridized carbons (Fsp3) is 0.120. The zero-order chi connectivity index (χ0) is 25.1. The van der Waals surface area contributed by atoms with Gasteiger partial charge in [0.05, 0.1) is 18.2 Å². The number of carbonyl (C=O) groups excluding carboxylic acids is 1. The molecule has 1 amide bonds. The number of hydrogen-bond donors (Lipinski definition) is 3. The van der Waals surface area contributed by atoms with Crippen LogP contribution in [0.4, 0.5) is 8.78 Å². The van der Waals surface area contributed by atoms with E-state index in [-0.39, 0.29) is 29.1 Å². The van der Waals surface area contributed by atoms with Gasteiger partial charge in [0.15, 0.2) is 11.3 Å². The van der Waals surface area contributed by atoms with Crippen LogP contribution in [-0.4, -0.2) is 42.1 Å². The molecule has 0 saturated carbocycles. The third-order valence-electron chi connectivity index (χ3n) is 5.36. The number of methoxy groups -OCH3 is 1. The fourth-order valence-electron chi connectivity index (χ4n) is 3.52. The van der Waals surface area contributed by atoms with E-state index in [1.54, 1.807) is 37.6 Å². The van der Waals surface area contributed by atoms with Crippen molar-refractivity contribution in [2.45, 2.75) is 0 Å². The summed E-state index contributed by atoms with van der Waals surface area (Å²) in [6.45, 7) is -0.269. The first-order valence-corrected chi connectivity index (χ1v) is 10.4. The Hall–Kier alpha value is -4.60. The first kappa shape index (κ1) is 23.6. The van der Waals surface area contributed by atoms with Crippen LogP contribution in [0.3, 0.4) is 0 Å². The first-order valence-electron chi connectivity index (χ1n) is 10.4. The highest BCUT2D eigenvalue weighted by molar-refractivity contribution is 5.95. The van der Waals surface area contributed by atoms with Crippen molar-refractivity contribution >= 4 is 22.6 Å². The van der Waals surface area contributed by atoms with Crippen molar-refractivity contribution < 1.29 is 23.0 Å². The molecule has 0 unspecified atom stereocenters. The molecule has 0 aliphatic heterocycles. The third kappa shape index (κ3) is 4.72. The molecule has 0 aliphatic rings. The van der Waals surface area contributed by atoms with Gasteiger partial charge in [-0.25, -0.2) is 8.78 Å². The van der Waals surface area contributed by atoms with E-state index in [2.05, 4.69) is 10.3 Å². The average molecular weight is 477 g/mol.